The molecule has 7 nitrogen and oxygen atoms in total. The molecule has 0 aromatic heterocycles. The van der Waals surface area contributed by atoms with Crippen molar-refractivity contribution in [3.8, 4) is 11.5 Å². The number of benzene rings is 3. The van der Waals surface area contributed by atoms with Crippen LogP contribution in [-0.4, -0.2) is 25.7 Å². The van der Waals surface area contributed by atoms with Gasteiger partial charge in [-0.3, -0.25) is 4.79 Å². The molecule has 3 aromatic carbocycles. The van der Waals surface area contributed by atoms with E-state index in [0.717, 1.165) is 22.6 Å². The number of rotatable bonds is 6. The Balaban J connectivity index is 1.35. The minimum Gasteiger partial charge on any atom is -0.497 e. The van der Waals surface area contributed by atoms with Crippen molar-refractivity contribution in [3.05, 3.63) is 83.9 Å². The maximum atomic E-state index is 12.7. The molecule has 0 radical (unpaired) electrons. The number of ether oxygens (including phenoxy) is 2. The summed E-state index contributed by atoms with van der Waals surface area (Å²) in [6, 6.07) is 21.9. The van der Waals surface area contributed by atoms with Crippen molar-refractivity contribution in [1.82, 2.24) is 5.32 Å². The summed E-state index contributed by atoms with van der Waals surface area (Å²) in [5.74, 6) is 1.11. The Bertz CT molecular complexity index is 1100. The van der Waals surface area contributed by atoms with Crippen molar-refractivity contribution in [2.24, 2.45) is 5.92 Å². The lowest BCUT2D eigenvalue weighted by Gasteiger charge is -2.25. The SMILES string of the molecule is COc1cccc(CNC(=O)[C@@H]2COc3ccc(NC(=O)Nc4ccccc4)cc3C2)c1. The molecule has 0 spiro atoms. The van der Waals surface area contributed by atoms with Gasteiger partial charge in [-0.2, -0.15) is 0 Å². The number of carbonyl (C=O) groups excluding carboxylic acids is 2. The van der Waals surface area contributed by atoms with Crippen molar-refractivity contribution >= 4 is 23.3 Å². The van der Waals surface area contributed by atoms with Crippen LogP contribution in [0.15, 0.2) is 72.8 Å². The van der Waals surface area contributed by atoms with E-state index in [-0.39, 0.29) is 17.9 Å². The molecule has 0 bridgehead atoms. The fraction of sp³-hybridized carbons (Fsp3) is 0.200. The van der Waals surface area contributed by atoms with Gasteiger partial charge in [0, 0.05) is 17.9 Å². The second kappa shape index (κ2) is 9.87. The summed E-state index contributed by atoms with van der Waals surface area (Å²) in [6.45, 7) is 0.735. The number of hydrogen-bond donors (Lipinski definition) is 3. The van der Waals surface area contributed by atoms with Crippen LogP contribution in [-0.2, 0) is 17.8 Å². The molecule has 1 aliphatic heterocycles. The first-order valence-electron chi connectivity index (χ1n) is 10.4. The van der Waals surface area contributed by atoms with Crippen LogP contribution in [0.1, 0.15) is 11.1 Å². The summed E-state index contributed by atoms with van der Waals surface area (Å²) in [4.78, 5) is 25.0. The summed E-state index contributed by atoms with van der Waals surface area (Å²) >= 11 is 0. The molecule has 3 amide bonds. The Kier molecular flexibility index (Phi) is 6.55. The van der Waals surface area contributed by atoms with Crippen LogP contribution in [0.3, 0.4) is 0 Å². The van der Waals surface area contributed by atoms with Gasteiger partial charge in [0.15, 0.2) is 0 Å². The number of para-hydroxylation sites is 1. The fourth-order valence-corrected chi connectivity index (χ4v) is 3.57. The highest BCUT2D eigenvalue weighted by atomic mass is 16.5. The van der Waals surface area contributed by atoms with E-state index in [1.807, 2.05) is 66.7 Å². The number of methoxy groups -OCH3 is 1. The summed E-state index contributed by atoms with van der Waals surface area (Å²) in [5.41, 5.74) is 3.19. The molecule has 4 rings (SSSR count). The number of amides is 3. The van der Waals surface area contributed by atoms with Gasteiger partial charge in [0.2, 0.25) is 5.91 Å². The minimum atomic E-state index is -0.333. The lowest BCUT2D eigenvalue weighted by molar-refractivity contribution is -0.126. The maximum Gasteiger partial charge on any atom is 0.323 e. The molecule has 0 saturated heterocycles. The largest absolute Gasteiger partial charge is 0.497 e. The topological polar surface area (TPSA) is 88.7 Å². The van der Waals surface area contributed by atoms with Crippen molar-refractivity contribution < 1.29 is 19.1 Å². The van der Waals surface area contributed by atoms with E-state index in [9.17, 15) is 9.59 Å². The number of hydrogen-bond acceptors (Lipinski definition) is 4. The molecular formula is C25H25N3O4. The van der Waals surface area contributed by atoms with E-state index in [1.165, 1.54) is 0 Å². The van der Waals surface area contributed by atoms with Gasteiger partial charge in [0.05, 0.1) is 13.0 Å². The highest BCUT2D eigenvalue weighted by Gasteiger charge is 2.26. The van der Waals surface area contributed by atoms with E-state index in [0.29, 0.717) is 30.9 Å². The summed E-state index contributed by atoms with van der Waals surface area (Å²) in [6.07, 6.45) is 0.537. The standard InChI is InChI=1S/C25H25N3O4/c1-31-22-9-5-6-17(12-22)15-26-24(29)19-13-18-14-21(10-11-23(18)32-16-19)28-25(30)27-20-7-3-2-4-8-20/h2-12,14,19H,13,15-16H2,1H3,(H,26,29)(H2,27,28,30)/t19-/m0/s1. The first-order chi connectivity index (χ1) is 15.6. The van der Waals surface area contributed by atoms with Crippen LogP contribution < -0.4 is 25.4 Å². The van der Waals surface area contributed by atoms with Crippen LogP contribution in [0, 0.1) is 5.92 Å². The van der Waals surface area contributed by atoms with E-state index < -0.39 is 0 Å². The maximum absolute atomic E-state index is 12.7. The third kappa shape index (κ3) is 5.37. The number of carbonyl (C=O) groups is 2. The highest BCUT2D eigenvalue weighted by Crippen LogP contribution is 2.30. The first kappa shape index (κ1) is 21.2. The van der Waals surface area contributed by atoms with Gasteiger partial charge in [0.1, 0.15) is 18.1 Å². The highest BCUT2D eigenvalue weighted by molar-refractivity contribution is 5.99. The van der Waals surface area contributed by atoms with E-state index in [4.69, 9.17) is 9.47 Å². The van der Waals surface area contributed by atoms with Gasteiger partial charge in [-0.1, -0.05) is 30.3 Å². The van der Waals surface area contributed by atoms with Crippen LogP contribution in [0.5, 0.6) is 11.5 Å². The summed E-state index contributed by atoms with van der Waals surface area (Å²) in [7, 11) is 1.61. The van der Waals surface area contributed by atoms with E-state index >= 15 is 0 Å². The Morgan fingerprint density at radius 2 is 1.78 bits per heavy atom. The minimum absolute atomic E-state index is 0.0707. The second-order valence-electron chi connectivity index (χ2n) is 7.55. The van der Waals surface area contributed by atoms with Gasteiger partial charge in [-0.15, -0.1) is 0 Å². The van der Waals surface area contributed by atoms with Crippen molar-refractivity contribution in [1.29, 1.82) is 0 Å². The summed E-state index contributed by atoms with van der Waals surface area (Å²) in [5, 5.41) is 8.58. The third-order valence-electron chi connectivity index (χ3n) is 5.23. The Morgan fingerprint density at radius 1 is 0.969 bits per heavy atom. The van der Waals surface area contributed by atoms with Crippen LogP contribution in [0.2, 0.25) is 0 Å². The van der Waals surface area contributed by atoms with Crippen LogP contribution >= 0.6 is 0 Å². The Labute approximate surface area is 186 Å². The fourth-order valence-electron chi connectivity index (χ4n) is 3.57. The molecule has 164 valence electrons. The molecule has 1 heterocycles. The Morgan fingerprint density at radius 3 is 2.59 bits per heavy atom. The molecule has 0 fully saturated rings. The monoisotopic (exact) mass is 431 g/mol. The number of urea groups is 1. The average Bonchev–Trinajstić information content (AvgIpc) is 2.82. The zero-order valence-electron chi connectivity index (χ0n) is 17.8. The van der Waals surface area contributed by atoms with Crippen LogP contribution in [0.4, 0.5) is 16.2 Å². The molecular weight excluding hydrogens is 406 g/mol. The molecule has 3 N–H and O–H groups in total. The van der Waals surface area contributed by atoms with E-state index in [2.05, 4.69) is 16.0 Å². The molecule has 7 heteroatoms. The zero-order chi connectivity index (χ0) is 22.3. The molecule has 0 saturated carbocycles. The molecule has 32 heavy (non-hydrogen) atoms. The second-order valence-corrected chi connectivity index (χ2v) is 7.55. The molecule has 3 aromatic rings. The van der Waals surface area contributed by atoms with Crippen molar-refractivity contribution in [2.45, 2.75) is 13.0 Å². The Hall–Kier alpha value is -4.00. The molecule has 1 aliphatic rings. The van der Waals surface area contributed by atoms with Gasteiger partial charge >= 0.3 is 6.03 Å². The molecule has 1 atom stereocenters. The van der Waals surface area contributed by atoms with Crippen molar-refractivity contribution in [2.75, 3.05) is 24.4 Å². The molecule has 0 aliphatic carbocycles. The predicted molar refractivity (Wildman–Crippen MR) is 123 cm³/mol. The summed E-state index contributed by atoms with van der Waals surface area (Å²) < 4.78 is 11.0. The van der Waals surface area contributed by atoms with Crippen LogP contribution in [0.25, 0.3) is 0 Å². The zero-order valence-corrected chi connectivity index (χ0v) is 17.8. The van der Waals surface area contributed by atoms with Crippen molar-refractivity contribution in [3.63, 3.8) is 0 Å². The predicted octanol–water partition coefficient (Wildman–Crippen LogP) is 4.21. The van der Waals surface area contributed by atoms with Gasteiger partial charge in [-0.05, 0) is 60.0 Å². The third-order valence-corrected chi connectivity index (χ3v) is 5.23. The lowest BCUT2D eigenvalue weighted by atomic mass is 9.95. The number of nitrogens with one attached hydrogen (secondary N) is 3. The lowest BCUT2D eigenvalue weighted by Crippen LogP contribution is -2.37. The van der Waals surface area contributed by atoms with E-state index in [1.54, 1.807) is 13.2 Å². The smallest absolute Gasteiger partial charge is 0.323 e. The average molecular weight is 431 g/mol. The van der Waals surface area contributed by atoms with Gasteiger partial charge in [0.25, 0.3) is 0 Å². The number of fused-ring (bicyclic) bond motifs is 1. The van der Waals surface area contributed by atoms with Gasteiger partial charge < -0.3 is 25.4 Å². The first-order valence-corrected chi connectivity index (χ1v) is 10.4. The quantitative estimate of drug-likeness (QED) is 0.546. The number of anilines is 2. The molecule has 0 unspecified atom stereocenters. The normalized spacial score (nSPS) is 14.5. The van der Waals surface area contributed by atoms with Gasteiger partial charge in [-0.25, -0.2) is 4.79 Å².